The number of carbonyl (C=O) groups is 1. The van der Waals surface area contributed by atoms with E-state index in [0.29, 0.717) is 5.56 Å². The molecule has 1 N–H and O–H groups in total. The minimum atomic E-state index is -0.803. The first-order valence-corrected chi connectivity index (χ1v) is 6.63. The molecule has 0 spiro atoms. The first-order valence-electron chi connectivity index (χ1n) is 6.63. The smallest absolute Gasteiger partial charge is 0.337 e. The molecular weight excluding hydrogens is 238 g/mol. The fraction of sp³-hybridized carbons (Fsp3) is 0.312. The van der Waals surface area contributed by atoms with Crippen molar-refractivity contribution in [2.75, 3.05) is 0 Å². The van der Waals surface area contributed by atoms with Gasteiger partial charge in [-0.1, -0.05) is 18.2 Å². The number of rotatable bonds is 2. The van der Waals surface area contributed by atoms with E-state index in [1.165, 1.54) is 11.3 Å². The number of aromatic nitrogens is 1. The highest BCUT2D eigenvalue weighted by Crippen LogP contribution is 2.34. The molecule has 0 saturated heterocycles. The van der Waals surface area contributed by atoms with Crippen LogP contribution < -0.4 is 0 Å². The molecule has 0 amide bonds. The van der Waals surface area contributed by atoms with Crippen LogP contribution in [0.4, 0.5) is 0 Å². The largest absolute Gasteiger partial charge is 0.478 e. The Bertz CT molecular complexity index is 668. The molecule has 98 valence electrons. The van der Waals surface area contributed by atoms with E-state index in [2.05, 4.69) is 23.6 Å². The Morgan fingerprint density at radius 2 is 1.95 bits per heavy atom. The summed E-state index contributed by atoms with van der Waals surface area (Å²) < 4.78 is 2.14. The molecule has 3 heteroatoms. The Hall–Kier alpha value is -2.03. The highest BCUT2D eigenvalue weighted by Gasteiger charge is 2.28. The summed E-state index contributed by atoms with van der Waals surface area (Å²) in [6.07, 6.45) is 2.91. The monoisotopic (exact) mass is 255 g/mol. The van der Waals surface area contributed by atoms with Crippen LogP contribution >= 0.6 is 0 Å². The van der Waals surface area contributed by atoms with Crippen LogP contribution in [0.2, 0.25) is 0 Å². The number of carboxylic acids is 1. The predicted molar refractivity (Wildman–Crippen MR) is 74.2 cm³/mol. The van der Waals surface area contributed by atoms with Gasteiger partial charge >= 0.3 is 5.97 Å². The van der Waals surface area contributed by atoms with Crippen LogP contribution in [0.1, 0.15) is 39.3 Å². The Morgan fingerprint density at radius 1 is 1.21 bits per heavy atom. The summed E-state index contributed by atoms with van der Waals surface area (Å²) in [6, 6.07) is 8.14. The molecule has 19 heavy (non-hydrogen) atoms. The van der Waals surface area contributed by atoms with Crippen molar-refractivity contribution in [3.63, 3.8) is 0 Å². The third-order valence-electron chi connectivity index (χ3n) is 4.03. The Balaban J connectivity index is 2.32. The maximum atomic E-state index is 11.5. The van der Waals surface area contributed by atoms with Crippen molar-refractivity contribution in [1.82, 2.24) is 4.57 Å². The van der Waals surface area contributed by atoms with Crippen LogP contribution in [-0.4, -0.2) is 15.6 Å². The van der Waals surface area contributed by atoms with Gasteiger partial charge in [-0.2, -0.15) is 0 Å². The molecule has 1 heterocycles. The molecule has 1 aliphatic rings. The van der Waals surface area contributed by atoms with Crippen molar-refractivity contribution < 1.29 is 9.90 Å². The average molecular weight is 255 g/mol. The average Bonchev–Trinajstić information content (AvgIpc) is 2.89. The second kappa shape index (κ2) is 4.26. The molecular formula is C16H17NO2. The third-order valence-corrected chi connectivity index (χ3v) is 4.03. The second-order valence-corrected chi connectivity index (χ2v) is 5.17. The molecule has 0 saturated carbocycles. The van der Waals surface area contributed by atoms with Crippen molar-refractivity contribution in [3.05, 3.63) is 52.3 Å². The molecule has 3 rings (SSSR count). The van der Waals surface area contributed by atoms with Gasteiger partial charge in [0.15, 0.2) is 0 Å². The van der Waals surface area contributed by atoms with E-state index in [1.54, 1.807) is 0 Å². The predicted octanol–water partition coefficient (Wildman–Crippen LogP) is 3.28. The van der Waals surface area contributed by atoms with Crippen LogP contribution in [0.15, 0.2) is 24.3 Å². The lowest BCUT2D eigenvalue weighted by Gasteiger charge is -2.13. The zero-order valence-electron chi connectivity index (χ0n) is 11.2. The Labute approximate surface area is 112 Å². The minimum Gasteiger partial charge on any atom is -0.478 e. The SMILES string of the molecule is Cc1ccccc1-n1c(C)c(C(=O)O)c2c1CCC2. The zero-order valence-corrected chi connectivity index (χ0v) is 11.2. The van der Waals surface area contributed by atoms with Crippen molar-refractivity contribution in [2.45, 2.75) is 33.1 Å². The summed E-state index contributed by atoms with van der Waals surface area (Å²) in [5, 5.41) is 9.45. The maximum absolute atomic E-state index is 11.5. The van der Waals surface area contributed by atoms with E-state index in [-0.39, 0.29) is 0 Å². The van der Waals surface area contributed by atoms with Crippen LogP contribution in [0.3, 0.4) is 0 Å². The lowest BCUT2D eigenvalue weighted by Crippen LogP contribution is -2.05. The van der Waals surface area contributed by atoms with Gasteiger partial charge < -0.3 is 9.67 Å². The summed E-state index contributed by atoms with van der Waals surface area (Å²) >= 11 is 0. The number of fused-ring (bicyclic) bond motifs is 1. The van der Waals surface area contributed by atoms with Gasteiger partial charge in [-0.3, -0.25) is 0 Å². The number of carboxylic acid groups (broad SMARTS) is 1. The number of hydrogen-bond donors (Lipinski definition) is 1. The van der Waals surface area contributed by atoms with E-state index < -0.39 is 5.97 Å². The molecule has 0 atom stereocenters. The molecule has 0 unspecified atom stereocenters. The third kappa shape index (κ3) is 1.69. The van der Waals surface area contributed by atoms with Gasteiger partial charge in [-0.15, -0.1) is 0 Å². The fourth-order valence-electron chi connectivity index (χ4n) is 3.20. The lowest BCUT2D eigenvalue weighted by atomic mass is 10.1. The van der Waals surface area contributed by atoms with Gasteiger partial charge in [0.2, 0.25) is 0 Å². The summed E-state index contributed by atoms with van der Waals surface area (Å²) in [6.45, 7) is 3.98. The minimum absolute atomic E-state index is 0.510. The number of hydrogen-bond acceptors (Lipinski definition) is 1. The van der Waals surface area contributed by atoms with Gasteiger partial charge in [-0.25, -0.2) is 4.79 Å². The molecule has 0 radical (unpaired) electrons. The number of para-hydroxylation sites is 1. The van der Waals surface area contributed by atoms with E-state index in [1.807, 2.05) is 19.1 Å². The maximum Gasteiger partial charge on any atom is 0.337 e. The molecule has 1 aliphatic carbocycles. The molecule has 0 aliphatic heterocycles. The Kier molecular flexibility index (Phi) is 2.70. The standard InChI is InChI=1S/C16H17NO2/c1-10-6-3-4-8-13(10)17-11(2)15(16(18)19)12-7-5-9-14(12)17/h3-4,6,8H,5,7,9H2,1-2H3,(H,18,19). The van der Waals surface area contributed by atoms with Gasteiger partial charge in [0.05, 0.1) is 5.56 Å². The molecule has 0 bridgehead atoms. The number of nitrogens with zero attached hydrogens (tertiary/aromatic N) is 1. The molecule has 1 aromatic carbocycles. The first-order chi connectivity index (χ1) is 9.11. The molecule has 0 fully saturated rings. The zero-order chi connectivity index (χ0) is 13.6. The van der Waals surface area contributed by atoms with Crippen molar-refractivity contribution in [3.8, 4) is 5.69 Å². The van der Waals surface area contributed by atoms with Crippen molar-refractivity contribution >= 4 is 5.97 Å². The van der Waals surface area contributed by atoms with Gasteiger partial charge in [0, 0.05) is 17.1 Å². The second-order valence-electron chi connectivity index (χ2n) is 5.17. The van der Waals surface area contributed by atoms with Gasteiger partial charge in [0.1, 0.15) is 0 Å². The van der Waals surface area contributed by atoms with Crippen molar-refractivity contribution in [1.29, 1.82) is 0 Å². The summed E-state index contributed by atoms with van der Waals surface area (Å²) in [5.74, 6) is -0.803. The topological polar surface area (TPSA) is 42.2 Å². The molecule has 2 aromatic rings. The van der Waals surface area contributed by atoms with E-state index in [4.69, 9.17) is 0 Å². The number of benzene rings is 1. The quantitative estimate of drug-likeness (QED) is 0.894. The Morgan fingerprint density at radius 3 is 2.63 bits per heavy atom. The normalized spacial score (nSPS) is 13.6. The van der Waals surface area contributed by atoms with Gasteiger partial charge in [0.25, 0.3) is 0 Å². The molecule has 1 aromatic heterocycles. The fourth-order valence-corrected chi connectivity index (χ4v) is 3.20. The van der Waals surface area contributed by atoms with Crippen LogP contribution in [-0.2, 0) is 12.8 Å². The first kappa shape index (κ1) is 12.0. The number of aryl methyl sites for hydroxylation is 1. The van der Waals surface area contributed by atoms with E-state index in [0.717, 1.165) is 36.2 Å². The van der Waals surface area contributed by atoms with Gasteiger partial charge in [-0.05, 0) is 50.3 Å². The van der Waals surface area contributed by atoms with Crippen LogP contribution in [0.25, 0.3) is 5.69 Å². The lowest BCUT2D eigenvalue weighted by molar-refractivity contribution is 0.0695. The van der Waals surface area contributed by atoms with Crippen LogP contribution in [0, 0.1) is 13.8 Å². The molecule has 3 nitrogen and oxygen atoms in total. The highest BCUT2D eigenvalue weighted by molar-refractivity contribution is 5.92. The summed E-state index contributed by atoms with van der Waals surface area (Å²) in [7, 11) is 0. The van der Waals surface area contributed by atoms with E-state index >= 15 is 0 Å². The van der Waals surface area contributed by atoms with E-state index in [9.17, 15) is 9.90 Å². The van der Waals surface area contributed by atoms with Crippen molar-refractivity contribution in [2.24, 2.45) is 0 Å². The summed E-state index contributed by atoms with van der Waals surface area (Å²) in [5.41, 5.74) is 5.86. The number of aromatic carboxylic acids is 1. The van der Waals surface area contributed by atoms with Crippen LogP contribution in [0.5, 0.6) is 0 Å². The summed E-state index contributed by atoms with van der Waals surface area (Å²) in [4.78, 5) is 11.5. The highest BCUT2D eigenvalue weighted by atomic mass is 16.4.